The number of hydrogen-bond donors (Lipinski definition) is 1. The lowest BCUT2D eigenvalue weighted by Gasteiger charge is -2.33. The van der Waals surface area contributed by atoms with Crippen molar-refractivity contribution in [2.45, 2.75) is 32.2 Å². The number of rotatable bonds is 5. The molecule has 1 heterocycles. The van der Waals surface area contributed by atoms with E-state index in [1.165, 1.54) is 25.9 Å². The Hall–Kier alpha value is -0.610. The van der Waals surface area contributed by atoms with Crippen molar-refractivity contribution in [2.24, 2.45) is 5.92 Å². The van der Waals surface area contributed by atoms with Gasteiger partial charge >= 0.3 is 5.97 Å². The van der Waals surface area contributed by atoms with Gasteiger partial charge in [-0.3, -0.25) is 4.79 Å². The summed E-state index contributed by atoms with van der Waals surface area (Å²) in [5.74, 6) is 0.0279. The van der Waals surface area contributed by atoms with E-state index in [-0.39, 0.29) is 12.5 Å². The molecule has 0 bridgehead atoms. The smallest absolute Gasteiger partial charge is 0.304 e. The zero-order valence-corrected chi connectivity index (χ0v) is 10.6. The molecular weight excluding hydrogens is 204 g/mol. The third-order valence-corrected chi connectivity index (χ3v) is 3.61. The fourth-order valence-electron chi connectivity index (χ4n) is 2.24. The standard InChI is InChI=1S/C12H24N2O2/c1-10(8-12(15)16)14(3)9-11-4-6-13(2)7-5-11/h10-11H,4-9H2,1-3H3,(H,15,16). The molecule has 1 aliphatic rings. The maximum atomic E-state index is 10.6. The molecule has 94 valence electrons. The average molecular weight is 228 g/mol. The SMILES string of the molecule is CC(CC(=O)O)N(C)CC1CCN(C)CC1. The van der Waals surface area contributed by atoms with E-state index < -0.39 is 5.97 Å². The van der Waals surface area contributed by atoms with Gasteiger partial charge in [-0.15, -0.1) is 0 Å². The number of carboxylic acid groups (broad SMARTS) is 1. The molecule has 0 aromatic carbocycles. The molecule has 0 aromatic rings. The van der Waals surface area contributed by atoms with Crippen LogP contribution < -0.4 is 0 Å². The minimum atomic E-state index is -0.706. The number of aliphatic carboxylic acids is 1. The minimum absolute atomic E-state index is 0.136. The zero-order chi connectivity index (χ0) is 12.1. The van der Waals surface area contributed by atoms with Gasteiger partial charge in [-0.25, -0.2) is 0 Å². The van der Waals surface area contributed by atoms with E-state index in [0.717, 1.165) is 12.5 Å². The number of carbonyl (C=O) groups is 1. The van der Waals surface area contributed by atoms with Crippen LogP contribution in [0.2, 0.25) is 0 Å². The quantitative estimate of drug-likeness (QED) is 0.766. The van der Waals surface area contributed by atoms with Gasteiger partial charge in [0, 0.05) is 12.6 Å². The molecule has 1 atom stereocenters. The maximum absolute atomic E-state index is 10.6. The van der Waals surface area contributed by atoms with Crippen molar-refractivity contribution in [2.75, 3.05) is 33.7 Å². The van der Waals surface area contributed by atoms with Crippen molar-refractivity contribution in [1.29, 1.82) is 0 Å². The summed E-state index contributed by atoms with van der Waals surface area (Å²) in [6, 6.07) is 0.136. The molecule has 0 saturated carbocycles. The largest absolute Gasteiger partial charge is 0.481 e. The highest BCUT2D eigenvalue weighted by atomic mass is 16.4. The van der Waals surface area contributed by atoms with Crippen LogP contribution in [0.4, 0.5) is 0 Å². The van der Waals surface area contributed by atoms with Crippen LogP contribution in [-0.4, -0.2) is 60.6 Å². The molecule has 1 N–H and O–H groups in total. The molecule has 1 fully saturated rings. The first-order valence-electron chi connectivity index (χ1n) is 6.09. The number of likely N-dealkylation sites (tertiary alicyclic amines) is 1. The third kappa shape index (κ3) is 4.49. The summed E-state index contributed by atoms with van der Waals surface area (Å²) in [5.41, 5.74) is 0. The van der Waals surface area contributed by atoms with Crippen LogP contribution in [0.5, 0.6) is 0 Å². The Morgan fingerprint density at radius 2 is 2.06 bits per heavy atom. The van der Waals surface area contributed by atoms with Gasteiger partial charge < -0.3 is 14.9 Å². The van der Waals surface area contributed by atoms with Crippen molar-refractivity contribution in [1.82, 2.24) is 9.80 Å². The van der Waals surface area contributed by atoms with E-state index in [1.54, 1.807) is 0 Å². The van der Waals surface area contributed by atoms with Crippen molar-refractivity contribution in [3.8, 4) is 0 Å². The third-order valence-electron chi connectivity index (χ3n) is 3.61. The molecule has 1 saturated heterocycles. The molecule has 1 unspecified atom stereocenters. The van der Waals surface area contributed by atoms with E-state index in [1.807, 2.05) is 14.0 Å². The lowest BCUT2D eigenvalue weighted by molar-refractivity contribution is -0.138. The molecule has 1 aliphatic heterocycles. The monoisotopic (exact) mass is 228 g/mol. The lowest BCUT2D eigenvalue weighted by atomic mass is 9.96. The topological polar surface area (TPSA) is 43.8 Å². The average Bonchev–Trinajstić information content (AvgIpc) is 2.20. The van der Waals surface area contributed by atoms with Crippen LogP contribution in [0, 0.1) is 5.92 Å². The Morgan fingerprint density at radius 3 is 2.56 bits per heavy atom. The molecular formula is C12H24N2O2. The second kappa shape index (κ2) is 6.21. The Kier molecular flexibility index (Phi) is 5.22. The highest BCUT2D eigenvalue weighted by molar-refractivity contribution is 5.67. The molecule has 4 nitrogen and oxygen atoms in total. The van der Waals surface area contributed by atoms with Crippen LogP contribution in [0.25, 0.3) is 0 Å². The van der Waals surface area contributed by atoms with Gasteiger partial charge in [0.25, 0.3) is 0 Å². The highest BCUT2D eigenvalue weighted by Crippen LogP contribution is 2.18. The Labute approximate surface area is 98.2 Å². The number of nitrogens with zero attached hydrogens (tertiary/aromatic N) is 2. The Morgan fingerprint density at radius 1 is 1.50 bits per heavy atom. The minimum Gasteiger partial charge on any atom is -0.481 e. The van der Waals surface area contributed by atoms with Crippen LogP contribution >= 0.6 is 0 Å². The molecule has 0 aliphatic carbocycles. The van der Waals surface area contributed by atoms with Crippen LogP contribution in [0.15, 0.2) is 0 Å². The molecule has 0 spiro atoms. The van der Waals surface area contributed by atoms with Gasteiger partial charge in [-0.1, -0.05) is 0 Å². The number of hydrogen-bond acceptors (Lipinski definition) is 3. The first-order valence-corrected chi connectivity index (χ1v) is 6.09. The molecule has 0 aromatic heterocycles. The second-order valence-corrected chi connectivity index (χ2v) is 5.13. The van der Waals surface area contributed by atoms with Gasteiger partial charge in [0.15, 0.2) is 0 Å². The summed E-state index contributed by atoms with van der Waals surface area (Å²) >= 11 is 0. The summed E-state index contributed by atoms with van der Waals surface area (Å²) < 4.78 is 0. The summed E-state index contributed by atoms with van der Waals surface area (Å²) in [5, 5.41) is 8.74. The fraction of sp³-hybridized carbons (Fsp3) is 0.917. The molecule has 0 radical (unpaired) electrons. The van der Waals surface area contributed by atoms with Crippen molar-refractivity contribution >= 4 is 5.97 Å². The van der Waals surface area contributed by atoms with Crippen molar-refractivity contribution in [3.63, 3.8) is 0 Å². The molecule has 0 amide bonds. The summed E-state index contributed by atoms with van der Waals surface area (Å²) in [7, 11) is 4.19. The molecule has 4 heteroatoms. The highest BCUT2D eigenvalue weighted by Gasteiger charge is 2.21. The first-order chi connectivity index (χ1) is 7.49. The van der Waals surface area contributed by atoms with E-state index in [0.29, 0.717) is 0 Å². The van der Waals surface area contributed by atoms with Gasteiger partial charge in [-0.2, -0.15) is 0 Å². The van der Waals surface area contributed by atoms with Crippen LogP contribution in [0.1, 0.15) is 26.2 Å². The Balaban J connectivity index is 2.27. The first kappa shape index (κ1) is 13.5. The second-order valence-electron chi connectivity index (χ2n) is 5.13. The molecule has 1 rings (SSSR count). The van der Waals surface area contributed by atoms with Gasteiger partial charge in [0.05, 0.1) is 6.42 Å². The zero-order valence-electron chi connectivity index (χ0n) is 10.6. The fourth-order valence-corrected chi connectivity index (χ4v) is 2.24. The van der Waals surface area contributed by atoms with E-state index in [4.69, 9.17) is 5.11 Å². The van der Waals surface area contributed by atoms with Crippen LogP contribution in [0.3, 0.4) is 0 Å². The normalized spacial score (nSPS) is 21.2. The molecule has 16 heavy (non-hydrogen) atoms. The van der Waals surface area contributed by atoms with E-state index in [9.17, 15) is 4.79 Å². The van der Waals surface area contributed by atoms with Gasteiger partial charge in [0.1, 0.15) is 0 Å². The summed E-state index contributed by atoms with van der Waals surface area (Å²) in [6.07, 6.45) is 2.71. The van der Waals surface area contributed by atoms with E-state index >= 15 is 0 Å². The number of piperidine rings is 1. The van der Waals surface area contributed by atoms with E-state index in [2.05, 4.69) is 16.8 Å². The van der Waals surface area contributed by atoms with Crippen molar-refractivity contribution < 1.29 is 9.90 Å². The maximum Gasteiger partial charge on any atom is 0.304 e. The predicted molar refractivity (Wildman–Crippen MR) is 64.6 cm³/mol. The van der Waals surface area contributed by atoms with Crippen LogP contribution in [-0.2, 0) is 4.79 Å². The van der Waals surface area contributed by atoms with Gasteiger partial charge in [-0.05, 0) is 52.9 Å². The predicted octanol–water partition coefficient (Wildman–Crippen LogP) is 1.12. The number of carboxylic acids is 1. The van der Waals surface area contributed by atoms with Crippen molar-refractivity contribution in [3.05, 3.63) is 0 Å². The summed E-state index contributed by atoms with van der Waals surface area (Å²) in [4.78, 5) is 15.2. The lowest BCUT2D eigenvalue weighted by Crippen LogP contribution is -2.39. The van der Waals surface area contributed by atoms with Gasteiger partial charge in [0.2, 0.25) is 0 Å². The summed E-state index contributed by atoms with van der Waals surface area (Å²) in [6.45, 7) is 5.36. The Bertz CT molecular complexity index is 225.